The quantitative estimate of drug-likeness (QED) is 0.722. The number of amides is 1. The summed E-state index contributed by atoms with van der Waals surface area (Å²) in [5, 5.41) is 12.5. The third-order valence-electron chi connectivity index (χ3n) is 3.76. The normalized spacial score (nSPS) is 22.8. The van der Waals surface area contributed by atoms with E-state index in [1.807, 2.05) is 6.92 Å². The van der Waals surface area contributed by atoms with E-state index in [1.54, 1.807) is 24.3 Å². The lowest BCUT2D eigenvalue weighted by Crippen LogP contribution is -2.45. The number of likely N-dealkylation sites (tertiary alicyclic amines) is 1. The molecule has 21 heavy (non-hydrogen) atoms. The predicted molar refractivity (Wildman–Crippen MR) is 87.2 cm³/mol. The molecule has 2 unspecified atom stereocenters. The van der Waals surface area contributed by atoms with Gasteiger partial charge in [0.15, 0.2) is 0 Å². The Labute approximate surface area is 130 Å². The summed E-state index contributed by atoms with van der Waals surface area (Å²) < 4.78 is 0. The average Bonchev–Trinajstić information content (AvgIpc) is 2.43. The molecule has 6 heteroatoms. The van der Waals surface area contributed by atoms with Crippen molar-refractivity contribution in [1.82, 2.24) is 4.90 Å². The molecular weight excluding hydrogens is 286 g/mol. The highest BCUT2D eigenvalue weighted by atomic mass is 32.1. The fraction of sp³-hybridized carbons (Fsp3) is 0.467. The van der Waals surface area contributed by atoms with Crippen molar-refractivity contribution in [3.8, 4) is 0 Å². The second-order valence-electron chi connectivity index (χ2n) is 5.56. The number of piperidine rings is 1. The van der Waals surface area contributed by atoms with Crippen LogP contribution in [0, 0.1) is 5.92 Å². The van der Waals surface area contributed by atoms with Crippen LogP contribution in [0.5, 0.6) is 0 Å². The average molecular weight is 307 g/mol. The first-order valence-electron chi connectivity index (χ1n) is 7.06. The van der Waals surface area contributed by atoms with Gasteiger partial charge in [0.05, 0.1) is 12.6 Å². The van der Waals surface area contributed by atoms with E-state index in [0.29, 0.717) is 11.5 Å². The molecule has 1 amide bonds. The molecular formula is C15H21N3O2S. The molecule has 1 aliphatic rings. The van der Waals surface area contributed by atoms with Crippen molar-refractivity contribution >= 4 is 28.8 Å². The Balaban J connectivity index is 1.85. The third kappa shape index (κ3) is 4.49. The zero-order valence-electron chi connectivity index (χ0n) is 12.1. The van der Waals surface area contributed by atoms with Gasteiger partial charge in [-0.15, -0.1) is 0 Å². The fourth-order valence-corrected chi connectivity index (χ4v) is 2.62. The number of carbonyl (C=O) groups is 1. The first-order valence-corrected chi connectivity index (χ1v) is 7.46. The molecule has 2 atom stereocenters. The highest BCUT2D eigenvalue weighted by Gasteiger charge is 2.25. The Bertz CT molecular complexity index is 518. The van der Waals surface area contributed by atoms with E-state index in [9.17, 15) is 9.90 Å². The minimum atomic E-state index is -0.253. The molecule has 5 nitrogen and oxygen atoms in total. The highest BCUT2D eigenvalue weighted by molar-refractivity contribution is 7.80. The number of rotatable bonds is 4. The summed E-state index contributed by atoms with van der Waals surface area (Å²) in [7, 11) is 0. The van der Waals surface area contributed by atoms with Gasteiger partial charge < -0.3 is 16.2 Å². The van der Waals surface area contributed by atoms with E-state index in [1.165, 1.54) is 0 Å². The Hall–Kier alpha value is -1.50. The van der Waals surface area contributed by atoms with E-state index in [0.717, 1.165) is 30.8 Å². The van der Waals surface area contributed by atoms with Crippen LogP contribution in [0.15, 0.2) is 24.3 Å². The summed E-state index contributed by atoms with van der Waals surface area (Å²) in [6.07, 6.45) is 0.467. The molecule has 0 saturated carbocycles. The molecule has 0 bridgehead atoms. The number of aliphatic hydroxyl groups excluding tert-OH is 1. The van der Waals surface area contributed by atoms with E-state index >= 15 is 0 Å². The van der Waals surface area contributed by atoms with Crippen molar-refractivity contribution in [2.24, 2.45) is 11.7 Å². The summed E-state index contributed by atoms with van der Waals surface area (Å²) in [5.74, 6) is 0.151. The number of hydrogen-bond acceptors (Lipinski definition) is 4. The summed E-state index contributed by atoms with van der Waals surface area (Å²) in [4.78, 5) is 14.4. The Morgan fingerprint density at radius 1 is 1.48 bits per heavy atom. The summed E-state index contributed by atoms with van der Waals surface area (Å²) in [6.45, 7) is 3.84. The second kappa shape index (κ2) is 6.98. The molecule has 114 valence electrons. The maximum atomic E-state index is 12.0. The number of aliphatic hydroxyl groups is 1. The largest absolute Gasteiger partial charge is 0.393 e. The highest BCUT2D eigenvalue weighted by Crippen LogP contribution is 2.16. The van der Waals surface area contributed by atoms with Crippen LogP contribution in [-0.2, 0) is 4.79 Å². The van der Waals surface area contributed by atoms with Gasteiger partial charge in [-0.3, -0.25) is 9.69 Å². The monoisotopic (exact) mass is 307 g/mol. The van der Waals surface area contributed by atoms with Crippen LogP contribution in [-0.4, -0.2) is 46.6 Å². The number of thiocarbonyl (C=S) groups is 1. The van der Waals surface area contributed by atoms with Crippen molar-refractivity contribution in [2.75, 3.05) is 25.0 Å². The molecule has 1 aromatic rings. The number of benzene rings is 1. The zero-order chi connectivity index (χ0) is 15.4. The van der Waals surface area contributed by atoms with Gasteiger partial charge in [-0.1, -0.05) is 19.1 Å². The van der Waals surface area contributed by atoms with Crippen LogP contribution in [0.3, 0.4) is 0 Å². The number of hydrogen-bond donors (Lipinski definition) is 3. The van der Waals surface area contributed by atoms with Crippen LogP contribution < -0.4 is 11.1 Å². The van der Waals surface area contributed by atoms with Gasteiger partial charge in [0.1, 0.15) is 4.99 Å². The van der Waals surface area contributed by atoms with Crippen molar-refractivity contribution in [3.05, 3.63) is 29.8 Å². The first kappa shape index (κ1) is 15.9. The molecule has 1 aliphatic heterocycles. The van der Waals surface area contributed by atoms with E-state index in [4.69, 9.17) is 18.0 Å². The van der Waals surface area contributed by atoms with Gasteiger partial charge >= 0.3 is 0 Å². The molecule has 1 heterocycles. The van der Waals surface area contributed by atoms with Crippen LogP contribution in [0.1, 0.15) is 18.9 Å². The van der Waals surface area contributed by atoms with E-state index < -0.39 is 0 Å². The van der Waals surface area contributed by atoms with Crippen molar-refractivity contribution in [3.63, 3.8) is 0 Å². The second-order valence-corrected chi connectivity index (χ2v) is 6.00. The number of anilines is 1. The third-order valence-corrected chi connectivity index (χ3v) is 4.00. The van der Waals surface area contributed by atoms with Crippen molar-refractivity contribution < 1.29 is 9.90 Å². The molecule has 1 saturated heterocycles. The lowest BCUT2D eigenvalue weighted by molar-refractivity contribution is -0.118. The summed E-state index contributed by atoms with van der Waals surface area (Å²) >= 11 is 4.89. The standard InChI is InChI=1S/C15H21N3O2S/c1-10-8-18(7-6-13(10)19)9-14(20)17-12-4-2-11(3-5-12)15(16)21/h2-5,10,13,19H,6-9H2,1H3,(H2,16,21)(H,17,20). The molecule has 1 fully saturated rings. The van der Waals surface area contributed by atoms with Gasteiger partial charge in [-0.2, -0.15) is 0 Å². The van der Waals surface area contributed by atoms with Crippen LogP contribution in [0.4, 0.5) is 5.69 Å². The van der Waals surface area contributed by atoms with E-state index in [2.05, 4.69) is 10.2 Å². The van der Waals surface area contributed by atoms with Crippen LogP contribution in [0.2, 0.25) is 0 Å². The van der Waals surface area contributed by atoms with Crippen LogP contribution >= 0.6 is 12.2 Å². The van der Waals surface area contributed by atoms with Gasteiger partial charge in [0.25, 0.3) is 0 Å². The smallest absolute Gasteiger partial charge is 0.238 e. The first-order chi connectivity index (χ1) is 9.95. The maximum absolute atomic E-state index is 12.0. The zero-order valence-corrected chi connectivity index (χ0v) is 12.9. The topological polar surface area (TPSA) is 78.6 Å². The lowest BCUT2D eigenvalue weighted by Gasteiger charge is -2.33. The molecule has 0 aromatic heterocycles. The summed E-state index contributed by atoms with van der Waals surface area (Å²) in [6, 6.07) is 7.15. The molecule has 2 rings (SSSR count). The molecule has 0 radical (unpaired) electrons. The van der Waals surface area contributed by atoms with Crippen LogP contribution in [0.25, 0.3) is 0 Å². The van der Waals surface area contributed by atoms with Gasteiger partial charge in [-0.25, -0.2) is 0 Å². The number of nitrogens with zero attached hydrogens (tertiary/aromatic N) is 1. The van der Waals surface area contributed by atoms with Crippen molar-refractivity contribution in [2.45, 2.75) is 19.4 Å². The van der Waals surface area contributed by atoms with Gasteiger partial charge in [-0.05, 0) is 36.6 Å². The molecule has 0 aliphatic carbocycles. The van der Waals surface area contributed by atoms with E-state index in [-0.39, 0.29) is 17.9 Å². The van der Waals surface area contributed by atoms with Crippen molar-refractivity contribution in [1.29, 1.82) is 0 Å². The van der Waals surface area contributed by atoms with Gasteiger partial charge in [0.2, 0.25) is 5.91 Å². The molecule has 4 N–H and O–H groups in total. The Morgan fingerprint density at radius 2 is 2.14 bits per heavy atom. The molecule has 1 aromatic carbocycles. The lowest BCUT2D eigenvalue weighted by atomic mass is 9.97. The fourth-order valence-electron chi connectivity index (χ4n) is 2.48. The number of nitrogens with one attached hydrogen (secondary N) is 1. The maximum Gasteiger partial charge on any atom is 0.238 e. The Kier molecular flexibility index (Phi) is 5.27. The number of nitrogens with two attached hydrogens (primary N) is 1. The Morgan fingerprint density at radius 3 is 2.71 bits per heavy atom. The molecule has 0 spiro atoms. The summed E-state index contributed by atoms with van der Waals surface area (Å²) in [5.41, 5.74) is 7.04. The number of carbonyl (C=O) groups excluding carboxylic acids is 1. The SMILES string of the molecule is CC1CN(CC(=O)Nc2ccc(C(N)=S)cc2)CCC1O. The minimum absolute atomic E-state index is 0.0540. The minimum Gasteiger partial charge on any atom is -0.393 e. The van der Waals surface area contributed by atoms with Gasteiger partial charge in [0, 0.05) is 24.3 Å². The predicted octanol–water partition coefficient (Wildman–Crippen LogP) is 0.962.